The first-order valence-corrected chi connectivity index (χ1v) is 8.46. The van der Waals surface area contributed by atoms with Gasteiger partial charge in [0.1, 0.15) is 0 Å². The Hall–Kier alpha value is -1.38. The molecule has 0 aliphatic heterocycles. The lowest BCUT2D eigenvalue weighted by Gasteiger charge is -2.17. The number of carbonyl (C=O) groups excluding carboxylic acids is 1. The first kappa shape index (κ1) is 17.7. The molecule has 0 aliphatic carbocycles. The summed E-state index contributed by atoms with van der Waals surface area (Å²) in [4.78, 5) is 14.1. The summed E-state index contributed by atoms with van der Waals surface area (Å²) in [6.07, 6.45) is 0.829. The largest absolute Gasteiger partial charge is 0.438 e. The third kappa shape index (κ3) is 5.14. The standard InChI is InChI=1S/C13H23N3O4S/c1-4-16(5-2)10-6-9-15-13(17)11-7-8-12(20-11)21(18,19)14-3/h7-8,14H,4-6,9-10H2,1-3H3,(H,15,17). The number of hydrogen-bond acceptors (Lipinski definition) is 5. The van der Waals surface area contributed by atoms with Crippen molar-refractivity contribution >= 4 is 15.9 Å². The van der Waals surface area contributed by atoms with E-state index in [0.29, 0.717) is 6.54 Å². The summed E-state index contributed by atoms with van der Waals surface area (Å²) in [5, 5.41) is 2.45. The number of nitrogens with zero attached hydrogens (tertiary/aromatic N) is 1. The van der Waals surface area contributed by atoms with Crippen LogP contribution in [0, 0.1) is 0 Å². The molecular weight excluding hydrogens is 294 g/mol. The van der Waals surface area contributed by atoms with Crippen molar-refractivity contribution in [3.05, 3.63) is 17.9 Å². The van der Waals surface area contributed by atoms with E-state index in [1.807, 2.05) is 0 Å². The van der Waals surface area contributed by atoms with Gasteiger partial charge in [0.2, 0.25) is 5.09 Å². The Morgan fingerprint density at radius 2 is 1.95 bits per heavy atom. The quantitative estimate of drug-likeness (QED) is 0.653. The van der Waals surface area contributed by atoms with Gasteiger partial charge in [-0.15, -0.1) is 0 Å². The summed E-state index contributed by atoms with van der Waals surface area (Å²) in [5.41, 5.74) is 0. The minimum atomic E-state index is -3.66. The van der Waals surface area contributed by atoms with E-state index in [0.717, 1.165) is 26.1 Å². The number of rotatable bonds is 9. The highest BCUT2D eigenvalue weighted by Crippen LogP contribution is 2.13. The summed E-state index contributed by atoms with van der Waals surface area (Å²) < 4.78 is 30.2. The Morgan fingerprint density at radius 3 is 2.52 bits per heavy atom. The fraction of sp³-hybridized carbons (Fsp3) is 0.615. The van der Waals surface area contributed by atoms with Crippen LogP contribution in [0.4, 0.5) is 0 Å². The predicted molar refractivity (Wildman–Crippen MR) is 79.7 cm³/mol. The van der Waals surface area contributed by atoms with Gasteiger partial charge < -0.3 is 14.6 Å². The molecule has 0 atom stereocenters. The lowest BCUT2D eigenvalue weighted by molar-refractivity contribution is 0.0919. The summed E-state index contributed by atoms with van der Waals surface area (Å²) >= 11 is 0. The van der Waals surface area contributed by atoms with Crippen molar-refractivity contribution in [2.75, 3.05) is 33.2 Å². The van der Waals surface area contributed by atoms with E-state index >= 15 is 0 Å². The van der Waals surface area contributed by atoms with Gasteiger partial charge in [-0.1, -0.05) is 13.8 Å². The van der Waals surface area contributed by atoms with E-state index < -0.39 is 15.9 Å². The zero-order valence-corrected chi connectivity index (χ0v) is 13.5. The minimum Gasteiger partial charge on any atom is -0.438 e. The van der Waals surface area contributed by atoms with Crippen LogP contribution in [0.25, 0.3) is 0 Å². The second-order valence-corrected chi connectivity index (χ2v) is 6.28. The predicted octanol–water partition coefficient (Wildman–Crippen LogP) is 0.649. The Bertz CT molecular complexity index is 550. The monoisotopic (exact) mass is 317 g/mol. The SMILES string of the molecule is CCN(CC)CCCNC(=O)c1ccc(S(=O)(=O)NC)o1. The van der Waals surface area contributed by atoms with Crippen molar-refractivity contribution in [3.8, 4) is 0 Å². The Morgan fingerprint density at radius 1 is 1.29 bits per heavy atom. The Labute approximate surface area is 125 Å². The number of amides is 1. The highest BCUT2D eigenvalue weighted by atomic mass is 32.2. The fourth-order valence-electron chi connectivity index (χ4n) is 1.82. The summed E-state index contributed by atoms with van der Waals surface area (Å²) in [5.74, 6) is -0.418. The fourth-order valence-corrected chi connectivity index (χ4v) is 2.47. The van der Waals surface area contributed by atoms with Gasteiger partial charge in [-0.05, 0) is 45.2 Å². The van der Waals surface area contributed by atoms with Crippen LogP contribution < -0.4 is 10.0 Å². The van der Waals surface area contributed by atoms with E-state index in [1.165, 1.54) is 19.2 Å². The second kappa shape index (κ2) is 8.16. The Balaban J connectivity index is 2.47. The summed E-state index contributed by atoms with van der Waals surface area (Å²) in [6, 6.07) is 2.61. The van der Waals surface area contributed by atoms with Crippen LogP contribution in [0.2, 0.25) is 0 Å². The molecule has 0 saturated heterocycles. The van der Waals surface area contributed by atoms with E-state index in [9.17, 15) is 13.2 Å². The molecular formula is C13H23N3O4S. The van der Waals surface area contributed by atoms with Crippen LogP contribution in [-0.2, 0) is 10.0 Å². The molecule has 0 bridgehead atoms. The maximum Gasteiger partial charge on any atom is 0.287 e. The number of sulfonamides is 1. The van der Waals surface area contributed by atoms with Gasteiger partial charge in [-0.2, -0.15) is 0 Å². The van der Waals surface area contributed by atoms with Gasteiger partial charge in [-0.25, -0.2) is 13.1 Å². The molecule has 0 saturated carbocycles. The number of furan rings is 1. The number of carbonyl (C=O) groups is 1. The lowest BCUT2D eigenvalue weighted by Crippen LogP contribution is -2.29. The van der Waals surface area contributed by atoms with E-state index in [4.69, 9.17) is 4.42 Å². The molecule has 1 amide bonds. The zero-order chi connectivity index (χ0) is 15.9. The van der Waals surface area contributed by atoms with Crippen LogP contribution >= 0.6 is 0 Å². The third-order valence-corrected chi connectivity index (χ3v) is 4.46. The molecule has 1 heterocycles. The second-order valence-electron chi connectivity index (χ2n) is 4.46. The van der Waals surface area contributed by atoms with Crippen molar-refractivity contribution in [2.24, 2.45) is 0 Å². The van der Waals surface area contributed by atoms with Crippen LogP contribution in [0.15, 0.2) is 21.6 Å². The molecule has 2 N–H and O–H groups in total. The van der Waals surface area contributed by atoms with Crippen molar-refractivity contribution in [1.82, 2.24) is 14.9 Å². The summed E-state index contributed by atoms with van der Waals surface area (Å²) in [7, 11) is -2.37. The smallest absolute Gasteiger partial charge is 0.287 e. The van der Waals surface area contributed by atoms with Gasteiger partial charge in [0.15, 0.2) is 5.76 Å². The average molecular weight is 317 g/mol. The maximum atomic E-state index is 11.8. The first-order valence-electron chi connectivity index (χ1n) is 6.98. The molecule has 0 radical (unpaired) electrons. The van der Waals surface area contributed by atoms with Gasteiger partial charge in [0, 0.05) is 6.54 Å². The molecule has 0 aliphatic rings. The van der Waals surface area contributed by atoms with Crippen LogP contribution in [-0.4, -0.2) is 52.5 Å². The normalized spacial score (nSPS) is 11.8. The average Bonchev–Trinajstić information content (AvgIpc) is 2.98. The Kier molecular flexibility index (Phi) is 6.86. The van der Waals surface area contributed by atoms with Crippen molar-refractivity contribution < 1.29 is 17.6 Å². The number of hydrogen-bond donors (Lipinski definition) is 2. The van der Waals surface area contributed by atoms with Gasteiger partial charge in [-0.3, -0.25) is 4.79 Å². The van der Waals surface area contributed by atoms with E-state index in [1.54, 1.807) is 0 Å². The zero-order valence-electron chi connectivity index (χ0n) is 12.7. The van der Waals surface area contributed by atoms with Gasteiger partial charge in [0.05, 0.1) is 0 Å². The molecule has 0 fully saturated rings. The molecule has 21 heavy (non-hydrogen) atoms. The third-order valence-electron chi connectivity index (χ3n) is 3.17. The number of nitrogens with one attached hydrogen (secondary N) is 2. The van der Waals surface area contributed by atoms with Crippen LogP contribution in [0.3, 0.4) is 0 Å². The van der Waals surface area contributed by atoms with Gasteiger partial charge >= 0.3 is 0 Å². The molecule has 0 spiro atoms. The molecule has 1 aromatic rings. The molecule has 1 aromatic heterocycles. The van der Waals surface area contributed by atoms with Crippen LogP contribution in [0.1, 0.15) is 30.8 Å². The summed E-state index contributed by atoms with van der Waals surface area (Å²) in [6.45, 7) is 7.57. The maximum absolute atomic E-state index is 11.8. The minimum absolute atomic E-state index is 0.00772. The van der Waals surface area contributed by atoms with Crippen LogP contribution in [0.5, 0.6) is 0 Å². The molecule has 0 aromatic carbocycles. The molecule has 7 nitrogen and oxygen atoms in total. The lowest BCUT2D eigenvalue weighted by atomic mass is 10.3. The van der Waals surface area contributed by atoms with Gasteiger partial charge in [0.25, 0.3) is 15.9 Å². The highest BCUT2D eigenvalue weighted by molar-refractivity contribution is 7.89. The molecule has 8 heteroatoms. The molecule has 1 rings (SSSR count). The topological polar surface area (TPSA) is 91.7 Å². The highest BCUT2D eigenvalue weighted by Gasteiger charge is 2.19. The molecule has 0 unspecified atom stereocenters. The van der Waals surface area contributed by atoms with E-state index in [2.05, 4.69) is 28.8 Å². The van der Waals surface area contributed by atoms with Crippen molar-refractivity contribution in [2.45, 2.75) is 25.4 Å². The molecule has 120 valence electrons. The first-order chi connectivity index (χ1) is 9.94. The van der Waals surface area contributed by atoms with Crippen molar-refractivity contribution in [3.63, 3.8) is 0 Å². The van der Waals surface area contributed by atoms with E-state index in [-0.39, 0.29) is 10.9 Å². The van der Waals surface area contributed by atoms with Crippen molar-refractivity contribution in [1.29, 1.82) is 0 Å².